The van der Waals surface area contributed by atoms with Crippen molar-refractivity contribution in [2.24, 2.45) is 5.92 Å². The predicted molar refractivity (Wildman–Crippen MR) is 55.8 cm³/mol. The Hall–Kier alpha value is -0.340. The molecule has 0 spiro atoms. The van der Waals surface area contributed by atoms with Crippen LogP contribution < -0.4 is 5.32 Å². The number of rotatable bonds is 3. The molecule has 74 valence electrons. The van der Waals surface area contributed by atoms with Gasteiger partial charge in [0.15, 0.2) is 0 Å². The number of hydrogen-bond acceptors (Lipinski definition) is 2. The molecule has 2 heteroatoms. The molecule has 1 saturated heterocycles. The minimum atomic E-state index is 0.954. The molecule has 0 aromatic rings. The molecule has 0 amide bonds. The molecule has 1 fully saturated rings. The standard InChI is InChI=1S/C11H20N2/c1-2-4-11(3-1)5-8-13-9-6-12-7-10-13/h1-2,11-12H,3-10H2. The first-order chi connectivity index (χ1) is 6.45. The summed E-state index contributed by atoms with van der Waals surface area (Å²) in [6, 6.07) is 0. The highest BCUT2D eigenvalue weighted by Crippen LogP contribution is 2.21. The van der Waals surface area contributed by atoms with Crippen LogP contribution in [0.15, 0.2) is 12.2 Å². The first-order valence-corrected chi connectivity index (χ1v) is 5.53. The Kier molecular flexibility index (Phi) is 3.39. The second-order valence-corrected chi connectivity index (χ2v) is 4.19. The first kappa shape index (κ1) is 9.22. The average molecular weight is 180 g/mol. The lowest BCUT2D eigenvalue weighted by Crippen LogP contribution is -2.44. The molecular formula is C11H20N2. The monoisotopic (exact) mass is 180 g/mol. The zero-order chi connectivity index (χ0) is 8.93. The lowest BCUT2D eigenvalue weighted by atomic mass is 10.0. The van der Waals surface area contributed by atoms with Crippen molar-refractivity contribution >= 4 is 0 Å². The Morgan fingerprint density at radius 3 is 2.54 bits per heavy atom. The number of piperazine rings is 1. The smallest absolute Gasteiger partial charge is 0.0107 e. The molecule has 13 heavy (non-hydrogen) atoms. The van der Waals surface area contributed by atoms with E-state index in [0.717, 1.165) is 5.92 Å². The van der Waals surface area contributed by atoms with E-state index in [-0.39, 0.29) is 0 Å². The van der Waals surface area contributed by atoms with Crippen molar-refractivity contribution in [1.29, 1.82) is 0 Å². The van der Waals surface area contributed by atoms with Gasteiger partial charge in [0.1, 0.15) is 0 Å². The van der Waals surface area contributed by atoms with Gasteiger partial charge in [-0.1, -0.05) is 12.2 Å². The molecule has 0 aromatic carbocycles. The summed E-state index contributed by atoms with van der Waals surface area (Å²) < 4.78 is 0. The van der Waals surface area contributed by atoms with Crippen molar-refractivity contribution in [1.82, 2.24) is 10.2 Å². The Morgan fingerprint density at radius 1 is 1.15 bits per heavy atom. The summed E-state index contributed by atoms with van der Waals surface area (Å²) in [6.07, 6.45) is 8.72. The maximum absolute atomic E-state index is 3.39. The quantitative estimate of drug-likeness (QED) is 0.658. The maximum Gasteiger partial charge on any atom is 0.0107 e. The lowest BCUT2D eigenvalue weighted by molar-refractivity contribution is 0.225. The minimum absolute atomic E-state index is 0.954. The van der Waals surface area contributed by atoms with Gasteiger partial charge in [0.2, 0.25) is 0 Å². The largest absolute Gasteiger partial charge is 0.314 e. The van der Waals surface area contributed by atoms with Crippen LogP contribution in [-0.4, -0.2) is 37.6 Å². The molecule has 0 bridgehead atoms. The first-order valence-electron chi connectivity index (χ1n) is 5.53. The highest BCUT2D eigenvalue weighted by molar-refractivity contribution is 4.94. The highest BCUT2D eigenvalue weighted by Gasteiger charge is 2.13. The van der Waals surface area contributed by atoms with E-state index >= 15 is 0 Å². The van der Waals surface area contributed by atoms with E-state index in [1.54, 1.807) is 0 Å². The molecule has 0 radical (unpaired) electrons. The third-order valence-corrected chi connectivity index (χ3v) is 3.17. The van der Waals surface area contributed by atoms with Crippen LogP contribution >= 0.6 is 0 Å². The van der Waals surface area contributed by atoms with E-state index in [0.29, 0.717) is 0 Å². The van der Waals surface area contributed by atoms with E-state index in [2.05, 4.69) is 22.4 Å². The van der Waals surface area contributed by atoms with Gasteiger partial charge < -0.3 is 10.2 Å². The van der Waals surface area contributed by atoms with Crippen LogP contribution in [0, 0.1) is 5.92 Å². The topological polar surface area (TPSA) is 15.3 Å². The molecule has 0 unspecified atom stereocenters. The molecular weight excluding hydrogens is 160 g/mol. The normalized spacial score (nSPS) is 25.5. The fourth-order valence-corrected chi connectivity index (χ4v) is 2.21. The molecule has 1 heterocycles. The van der Waals surface area contributed by atoms with Crippen molar-refractivity contribution < 1.29 is 0 Å². The van der Waals surface area contributed by atoms with Crippen LogP contribution in [0.4, 0.5) is 0 Å². The molecule has 1 N–H and O–H groups in total. The Labute approximate surface area is 81.0 Å². The van der Waals surface area contributed by atoms with Crippen LogP contribution in [0.25, 0.3) is 0 Å². The fourth-order valence-electron chi connectivity index (χ4n) is 2.21. The Balaban J connectivity index is 1.61. The van der Waals surface area contributed by atoms with Gasteiger partial charge in [-0.2, -0.15) is 0 Å². The summed E-state index contributed by atoms with van der Waals surface area (Å²) in [5.74, 6) is 0.954. The number of allylic oxidation sites excluding steroid dienone is 2. The van der Waals surface area contributed by atoms with Gasteiger partial charge >= 0.3 is 0 Å². The summed E-state index contributed by atoms with van der Waals surface area (Å²) in [4.78, 5) is 2.59. The molecule has 0 aromatic heterocycles. The predicted octanol–water partition coefficient (Wildman–Crippen LogP) is 1.25. The Morgan fingerprint density at radius 2 is 1.85 bits per heavy atom. The van der Waals surface area contributed by atoms with E-state index in [1.165, 1.54) is 52.0 Å². The van der Waals surface area contributed by atoms with Crippen LogP contribution in [0.2, 0.25) is 0 Å². The molecule has 2 rings (SSSR count). The molecule has 2 nitrogen and oxygen atoms in total. The van der Waals surface area contributed by atoms with Gasteiger partial charge in [-0.3, -0.25) is 0 Å². The lowest BCUT2D eigenvalue weighted by Gasteiger charge is -2.28. The van der Waals surface area contributed by atoms with Gasteiger partial charge in [0, 0.05) is 26.2 Å². The van der Waals surface area contributed by atoms with Crippen LogP contribution in [0.5, 0.6) is 0 Å². The molecule has 2 aliphatic rings. The summed E-state index contributed by atoms with van der Waals surface area (Å²) in [5.41, 5.74) is 0. The van der Waals surface area contributed by atoms with Crippen molar-refractivity contribution in [3.05, 3.63) is 12.2 Å². The van der Waals surface area contributed by atoms with Gasteiger partial charge in [-0.25, -0.2) is 0 Å². The highest BCUT2D eigenvalue weighted by atomic mass is 15.2. The van der Waals surface area contributed by atoms with Crippen LogP contribution in [-0.2, 0) is 0 Å². The summed E-state index contributed by atoms with van der Waals surface area (Å²) in [7, 11) is 0. The second-order valence-electron chi connectivity index (χ2n) is 4.19. The molecule has 1 aliphatic carbocycles. The third-order valence-electron chi connectivity index (χ3n) is 3.17. The van der Waals surface area contributed by atoms with E-state index in [1.807, 2.05) is 0 Å². The number of nitrogens with zero attached hydrogens (tertiary/aromatic N) is 1. The van der Waals surface area contributed by atoms with Gasteiger partial charge in [-0.15, -0.1) is 0 Å². The van der Waals surface area contributed by atoms with Crippen LogP contribution in [0.3, 0.4) is 0 Å². The van der Waals surface area contributed by atoms with Crippen molar-refractivity contribution in [3.63, 3.8) is 0 Å². The average Bonchev–Trinajstić information content (AvgIpc) is 2.69. The zero-order valence-corrected chi connectivity index (χ0v) is 8.34. The van der Waals surface area contributed by atoms with E-state index in [9.17, 15) is 0 Å². The summed E-state index contributed by atoms with van der Waals surface area (Å²) >= 11 is 0. The SMILES string of the molecule is C1=CCC(CCN2CCNCC2)C1. The molecule has 0 atom stereocenters. The zero-order valence-electron chi connectivity index (χ0n) is 8.34. The van der Waals surface area contributed by atoms with E-state index < -0.39 is 0 Å². The minimum Gasteiger partial charge on any atom is -0.314 e. The third kappa shape index (κ3) is 2.82. The summed E-state index contributed by atoms with van der Waals surface area (Å²) in [5, 5.41) is 3.39. The van der Waals surface area contributed by atoms with Crippen molar-refractivity contribution in [2.75, 3.05) is 32.7 Å². The van der Waals surface area contributed by atoms with Gasteiger partial charge in [0.25, 0.3) is 0 Å². The van der Waals surface area contributed by atoms with E-state index in [4.69, 9.17) is 0 Å². The van der Waals surface area contributed by atoms with Crippen LogP contribution in [0.1, 0.15) is 19.3 Å². The van der Waals surface area contributed by atoms with Crippen molar-refractivity contribution in [3.8, 4) is 0 Å². The number of hydrogen-bond donors (Lipinski definition) is 1. The van der Waals surface area contributed by atoms with Gasteiger partial charge in [-0.05, 0) is 31.7 Å². The van der Waals surface area contributed by atoms with Crippen molar-refractivity contribution in [2.45, 2.75) is 19.3 Å². The molecule has 1 aliphatic heterocycles. The Bertz CT molecular complexity index is 163. The molecule has 0 saturated carbocycles. The van der Waals surface area contributed by atoms with Gasteiger partial charge in [0.05, 0.1) is 0 Å². The second kappa shape index (κ2) is 4.77. The number of nitrogens with one attached hydrogen (secondary N) is 1. The summed E-state index contributed by atoms with van der Waals surface area (Å²) in [6.45, 7) is 6.18. The fraction of sp³-hybridized carbons (Fsp3) is 0.818. The maximum atomic E-state index is 3.39.